The van der Waals surface area contributed by atoms with E-state index in [4.69, 9.17) is 5.11 Å². The van der Waals surface area contributed by atoms with Gasteiger partial charge in [-0.2, -0.15) is 0 Å². The zero-order valence-corrected chi connectivity index (χ0v) is 10.1. The second kappa shape index (κ2) is 5.93. The van der Waals surface area contributed by atoms with E-state index in [0.717, 1.165) is 12.8 Å². The van der Waals surface area contributed by atoms with Gasteiger partial charge in [-0.15, -0.1) is 0 Å². The molecule has 1 amide bonds. The SMILES string of the molecule is O=C(CN(CCO)C1CC1)Nc1ccc(F)cc1. The van der Waals surface area contributed by atoms with Gasteiger partial charge in [0.1, 0.15) is 5.82 Å². The number of aliphatic hydroxyl groups excluding tert-OH is 1. The van der Waals surface area contributed by atoms with E-state index in [2.05, 4.69) is 5.32 Å². The lowest BCUT2D eigenvalue weighted by molar-refractivity contribution is -0.117. The quantitative estimate of drug-likeness (QED) is 0.800. The van der Waals surface area contributed by atoms with Gasteiger partial charge in [-0.25, -0.2) is 4.39 Å². The Morgan fingerprint density at radius 3 is 2.61 bits per heavy atom. The van der Waals surface area contributed by atoms with Gasteiger partial charge in [0.2, 0.25) is 5.91 Å². The lowest BCUT2D eigenvalue weighted by Crippen LogP contribution is -2.36. The molecule has 0 saturated heterocycles. The summed E-state index contributed by atoms with van der Waals surface area (Å²) in [6, 6.07) is 6.10. The Balaban J connectivity index is 1.85. The molecule has 0 aromatic heterocycles. The molecule has 2 rings (SSSR count). The molecule has 2 N–H and O–H groups in total. The van der Waals surface area contributed by atoms with Gasteiger partial charge < -0.3 is 10.4 Å². The van der Waals surface area contributed by atoms with Gasteiger partial charge in [-0.3, -0.25) is 9.69 Å². The van der Waals surface area contributed by atoms with Gasteiger partial charge >= 0.3 is 0 Å². The fraction of sp³-hybridized carbons (Fsp3) is 0.462. The number of carbonyl (C=O) groups is 1. The average Bonchev–Trinajstić information content (AvgIpc) is 3.16. The third-order valence-corrected chi connectivity index (χ3v) is 2.93. The predicted molar refractivity (Wildman–Crippen MR) is 66.7 cm³/mol. The van der Waals surface area contributed by atoms with Crippen LogP contribution >= 0.6 is 0 Å². The van der Waals surface area contributed by atoms with Crippen LogP contribution in [0.15, 0.2) is 24.3 Å². The summed E-state index contributed by atoms with van der Waals surface area (Å²) in [5, 5.41) is 11.6. The Hall–Kier alpha value is -1.46. The molecule has 0 unspecified atom stereocenters. The molecule has 0 aliphatic heterocycles. The largest absolute Gasteiger partial charge is 0.395 e. The molecule has 5 heteroatoms. The number of amides is 1. The minimum Gasteiger partial charge on any atom is -0.395 e. The number of hydrogen-bond donors (Lipinski definition) is 2. The molecule has 0 bridgehead atoms. The van der Waals surface area contributed by atoms with E-state index in [0.29, 0.717) is 18.3 Å². The van der Waals surface area contributed by atoms with Crippen molar-refractivity contribution in [1.29, 1.82) is 0 Å². The summed E-state index contributed by atoms with van der Waals surface area (Å²) in [4.78, 5) is 13.8. The number of rotatable bonds is 6. The molecular formula is C13H17FN2O2. The van der Waals surface area contributed by atoms with Crippen LogP contribution < -0.4 is 5.32 Å². The molecular weight excluding hydrogens is 235 g/mol. The number of halogens is 1. The van der Waals surface area contributed by atoms with Crippen LogP contribution in [-0.2, 0) is 4.79 Å². The first-order valence-electron chi connectivity index (χ1n) is 6.09. The molecule has 18 heavy (non-hydrogen) atoms. The first-order chi connectivity index (χ1) is 8.69. The van der Waals surface area contributed by atoms with E-state index < -0.39 is 0 Å². The van der Waals surface area contributed by atoms with Gasteiger partial charge in [-0.1, -0.05) is 0 Å². The van der Waals surface area contributed by atoms with Crippen molar-refractivity contribution in [3.63, 3.8) is 0 Å². The number of aliphatic hydroxyl groups is 1. The van der Waals surface area contributed by atoms with Crippen molar-refractivity contribution in [3.8, 4) is 0 Å². The van der Waals surface area contributed by atoms with Crippen LogP contribution in [0.3, 0.4) is 0 Å². The van der Waals surface area contributed by atoms with Crippen LogP contribution in [0.25, 0.3) is 0 Å². The molecule has 1 aliphatic carbocycles. The molecule has 1 aromatic carbocycles. The van der Waals surface area contributed by atoms with E-state index in [1.807, 2.05) is 4.90 Å². The van der Waals surface area contributed by atoms with Crippen molar-refractivity contribution in [2.75, 3.05) is 25.0 Å². The average molecular weight is 252 g/mol. The number of nitrogens with zero attached hydrogens (tertiary/aromatic N) is 1. The van der Waals surface area contributed by atoms with Gasteiger partial charge in [0.25, 0.3) is 0 Å². The second-order valence-corrected chi connectivity index (χ2v) is 4.48. The highest BCUT2D eigenvalue weighted by Gasteiger charge is 2.29. The topological polar surface area (TPSA) is 52.6 Å². The Labute approximate surface area is 105 Å². The van der Waals surface area contributed by atoms with Crippen LogP contribution in [0.1, 0.15) is 12.8 Å². The fourth-order valence-electron chi connectivity index (χ4n) is 1.88. The highest BCUT2D eigenvalue weighted by molar-refractivity contribution is 5.92. The van der Waals surface area contributed by atoms with Crippen molar-refractivity contribution in [2.45, 2.75) is 18.9 Å². The van der Waals surface area contributed by atoms with Crippen LogP contribution in [0.5, 0.6) is 0 Å². The molecule has 0 radical (unpaired) electrons. The molecule has 1 aliphatic rings. The molecule has 4 nitrogen and oxygen atoms in total. The minimum atomic E-state index is -0.326. The van der Waals surface area contributed by atoms with Crippen molar-refractivity contribution in [1.82, 2.24) is 4.90 Å². The number of hydrogen-bond acceptors (Lipinski definition) is 3. The summed E-state index contributed by atoms with van der Waals surface area (Å²) in [5.74, 6) is -0.463. The third-order valence-electron chi connectivity index (χ3n) is 2.93. The molecule has 1 aromatic rings. The van der Waals surface area contributed by atoms with Crippen LogP contribution in [-0.4, -0.2) is 41.7 Å². The zero-order chi connectivity index (χ0) is 13.0. The van der Waals surface area contributed by atoms with Gasteiger partial charge in [-0.05, 0) is 37.1 Å². The Kier molecular flexibility index (Phi) is 4.28. The first-order valence-corrected chi connectivity index (χ1v) is 6.09. The molecule has 0 heterocycles. The summed E-state index contributed by atoms with van der Waals surface area (Å²) in [6.45, 7) is 0.838. The molecule has 0 spiro atoms. The smallest absolute Gasteiger partial charge is 0.238 e. The van der Waals surface area contributed by atoms with E-state index in [9.17, 15) is 9.18 Å². The van der Waals surface area contributed by atoms with E-state index >= 15 is 0 Å². The summed E-state index contributed by atoms with van der Waals surface area (Å²) in [5.41, 5.74) is 0.584. The number of benzene rings is 1. The maximum Gasteiger partial charge on any atom is 0.238 e. The summed E-state index contributed by atoms with van der Waals surface area (Å²) < 4.78 is 12.7. The molecule has 98 valence electrons. The molecule has 1 saturated carbocycles. The summed E-state index contributed by atoms with van der Waals surface area (Å²) in [7, 11) is 0. The number of anilines is 1. The monoisotopic (exact) mass is 252 g/mol. The van der Waals surface area contributed by atoms with Gasteiger partial charge in [0.05, 0.1) is 13.2 Å². The van der Waals surface area contributed by atoms with Gasteiger partial charge in [0, 0.05) is 18.3 Å². The maximum atomic E-state index is 12.7. The highest BCUT2D eigenvalue weighted by Crippen LogP contribution is 2.26. The lowest BCUT2D eigenvalue weighted by Gasteiger charge is -2.19. The minimum absolute atomic E-state index is 0.0559. The van der Waals surface area contributed by atoms with Gasteiger partial charge in [0.15, 0.2) is 0 Å². The van der Waals surface area contributed by atoms with Crippen LogP contribution in [0, 0.1) is 5.82 Å². The van der Waals surface area contributed by atoms with Crippen molar-refractivity contribution >= 4 is 11.6 Å². The Bertz CT molecular complexity index is 404. The molecule has 1 fully saturated rings. The van der Waals surface area contributed by atoms with Crippen LogP contribution in [0.2, 0.25) is 0 Å². The lowest BCUT2D eigenvalue weighted by atomic mass is 10.3. The molecule has 0 atom stereocenters. The number of carbonyl (C=O) groups excluding carboxylic acids is 1. The second-order valence-electron chi connectivity index (χ2n) is 4.48. The highest BCUT2D eigenvalue weighted by atomic mass is 19.1. The zero-order valence-electron chi connectivity index (χ0n) is 10.1. The van der Waals surface area contributed by atoms with E-state index in [1.54, 1.807) is 0 Å². The summed E-state index contributed by atoms with van der Waals surface area (Å²) >= 11 is 0. The standard InChI is InChI=1S/C13H17FN2O2/c14-10-1-3-11(4-2-10)15-13(18)9-16(7-8-17)12-5-6-12/h1-4,12,17H,5-9H2,(H,15,18). The van der Waals surface area contributed by atoms with Crippen LogP contribution in [0.4, 0.5) is 10.1 Å². The van der Waals surface area contributed by atoms with Crippen molar-refractivity contribution in [3.05, 3.63) is 30.1 Å². The maximum absolute atomic E-state index is 12.7. The predicted octanol–water partition coefficient (Wildman–Crippen LogP) is 1.22. The Morgan fingerprint density at radius 2 is 2.06 bits per heavy atom. The Morgan fingerprint density at radius 1 is 1.39 bits per heavy atom. The number of nitrogens with one attached hydrogen (secondary N) is 1. The normalized spacial score (nSPS) is 14.8. The first kappa shape index (κ1) is 13.0. The van der Waals surface area contributed by atoms with E-state index in [-0.39, 0.29) is 24.9 Å². The third kappa shape index (κ3) is 3.78. The van der Waals surface area contributed by atoms with E-state index in [1.165, 1.54) is 24.3 Å². The summed E-state index contributed by atoms with van der Waals surface area (Å²) in [6.07, 6.45) is 2.17. The van der Waals surface area contributed by atoms with Crippen molar-refractivity contribution in [2.24, 2.45) is 0 Å². The fourth-order valence-corrected chi connectivity index (χ4v) is 1.88. The van der Waals surface area contributed by atoms with Crippen molar-refractivity contribution < 1.29 is 14.3 Å².